The molecule has 2 rings (SSSR count). The molecule has 1 saturated carbocycles. The van der Waals surface area contributed by atoms with Crippen molar-refractivity contribution < 1.29 is 4.74 Å². The van der Waals surface area contributed by atoms with Gasteiger partial charge in [0.2, 0.25) is 11.2 Å². The summed E-state index contributed by atoms with van der Waals surface area (Å²) in [6.45, 7) is 5.83. The molecule has 1 aliphatic carbocycles. The molecule has 0 aromatic carbocycles. The first-order chi connectivity index (χ1) is 9.67. The summed E-state index contributed by atoms with van der Waals surface area (Å²) in [5, 5.41) is 3.44. The first kappa shape index (κ1) is 15.3. The number of hydrogen-bond acceptors (Lipinski definition) is 5. The average Bonchev–Trinajstić information content (AvgIpc) is 2.42. The molecule has 1 fully saturated rings. The molecule has 1 aromatic rings. The molecule has 20 heavy (non-hydrogen) atoms. The van der Waals surface area contributed by atoms with Crippen LogP contribution in [0.25, 0.3) is 0 Å². The van der Waals surface area contributed by atoms with Gasteiger partial charge in [-0.2, -0.15) is 15.0 Å². The van der Waals surface area contributed by atoms with E-state index in [0.717, 1.165) is 18.9 Å². The number of nitrogens with zero attached hydrogens (tertiary/aromatic N) is 3. The highest BCUT2D eigenvalue weighted by molar-refractivity contribution is 6.28. The van der Waals surface area contributed by atoms with E-state index in [9.17, 15) is 0 Å². The van der Waals surface area contributed by atoms with E-state index in [0.29, 0.717) is 24.5 Å². The molecule has 0 aliphatic heterocycles. The molecule has 1 heterocycles. The monoisotopic (exact) mass is 298 g/mol. The Morgan fingerprint density at radius 1 is 1.30 bits per heavy atom. The Labute approximate surface area is 125 Å². The van der Waals surface area contributed by atoms with Crippen molar-refractivity contribution in [3.05, 3.63) is 5.28 Å². The Morgan fingerprint density at radius 2 is 2.15 bits per heavy atom. The van der Waals surface area contributed by atoms with Crippen LogP contribution in [0.5, 0.6) is 6.01 Å². The third-order valence-electron chi connectivity index (χ3n) is 3.62. The van der Waals surface area contributed by atoms with Gasteiger partial charge in [-0.1, -0.05) is 26.7 Å². The van der Waals surface area contributed by atoms with Crippen LogP contribution in [0.15, 0.2) is 0 Å². The Bertz CT molecular complexity index is 430. The van der Waals surface area contributed by atoms with Crippen LogP contribution in [0.2, 0.25) is 5.28 Å². The summed E-state index contributed by atoms with van der Waals surface area (Å²) in [5.41, 5.74) is 0. The van der Waals surface area contributed by atoms with Crippen LogP contribution in [0.4, 0.5) is 5.95 Å². The van der Waals surface area contributed by atoms with Crippen LogP contribution < -0.4 is 10.1 Å². The molecule has 0 bridgehead atoms. The van der Waals surface area contributed by atoms with E-state index in [4.69, 9.17) is 16.3 Å². The molecule has 0 saturated heterocycles. The van der Waals surface area contributed by atoms with Gasteiger partial charge < -0.3 is 10.1 Å². The number of nitrogens with one attached hydrogen (secondary N) is 1. The van der Waals surface area contributed by atoms with Gasteiger partial charge in [0, 0.05) is 6.54 Å². The summed E-state index contributed by atoms with van der Waals surface area (Å²) in [5.74, 6) is 2.02. The van der Waals surface area contributed by atoms with Gasteiger partial charge in [0.15, 0.2) is 0 Å². The molecule has 0 radical (unpaired) electrons. The summed E-state index contributed by atoms with van der Waals surface area (Å²) in [4.78, 5) is 12.3. The molecule has 6 heteroatoms. The molecule has 2 atom stereocenters. The quantitative estimate of drug-likeness (QED) is 0.870. The molecule has 1 aromatic heterocycles. The summed E-state index contributed by atoms with van der Waals surface area (Å²) < 4.78 is 5.40. The normalized spacial score (nSPS) is 22.6. The fourth-order valence-electron chi connectivity index (χ4n) is 2.65. The van der Waals surface area contributed by atoms with E-state index in [1.165, 1.54) is 25.7 Å². The van der Waals surface area contributed by atoms with Gasteiger partial charge in [0.05, 0.1) is 6.61 Å². The zero-order valence-electron chi connectivity index (χ0n) is 12.2. The van der Waals surface area contributed by atoms with Gasteiger partial charge in [-0.25, -0.2) is 0 Å². The van der Waals surface area contributed by atoms with Crippen LogP contribution in [0, 0.1) is 11.8 Å². The summed E-state index contributed by atoms with van der Waals surface area (Å²) in [6, 6.07) is 0.298. The van der Waals surface area contributed by atoms with Crippen LogP contribution in [0.1, 0.15) is 46.0 Å². The van der Waals surface area contributed by atoms with E-state index in [-0.39, 0.29) is 5.28 Å². The molecule has 1 N–H and O–H groups in total. The molecular weight excluding hydrogens is 276 g/mol. The summed E-state index contributed by atoms with van der Waals surface area (Å²) in [7, 11) is 0. The smallest absolute Gasteiger partial charge is 0.322 e. The van der Waals surface area contributed by atoms with E-state index < -0.39 is 0 Å². The number of ether oxygens (including phenoxy) is 1. The van der Waals surface area contributed by atoms with Gasteiger partial charge in [0.25, 0.3) is 0 Å². The second-order valence-corrected chi connectivity index (χ2v) is 5.92. The second-order valence-electron chi connectivity index (χ2n) is 5.58. The maximum Gasteiger partial charge on any atom is 0.322 e. The Morgan fingerprint density at radius 3 is 2.90 bits per heavy atom. The first-order valence-corrected chi connectivity index (χ1v) is 7.83. The highest BCUT2D eigenvalue weighted by Gasteiger charge is 2.19. The van der Waals surface area contributed by atoms with Gasteiger partial charge in [0.1, 0.15) is 0 Å². The lowest BCUT2D eigenvalue weighted by molar-refractivity contribution is 0.289. The van der Waals surface area contributed by atoms with E-state index >= 15 is 0 Å². The Balaban J connectivity index is 1.89. The van der Waals surface area contributed by atoms with Crippen molar-refractivity contribution in [1.29, 1.82) is 0 Å². The van der Waals surface area contributed by atoms with E-state index in [1.54, 1.807) is 0 Å². The fourth-order valence-corrected chi connectivity index (χ4v) is 2.80. The second kappa shape index (κ2) is 7.62. The molecule has 0 spiro atoms. The molecule has 2 unspecified atom stereocenters. The van der Waals surface area contributed by atoms with Crippen LogP contribution in [0.3, 0.4) is 0 Å². The third kappa shape index (κ3) is 4.78. The minimum Gasteiger partial charge on any atom is -0.463 e. The lowest BCUT2D eigenvalue weighted by atomic mass is 9.82. The van der Waals surface area contributed by atoms with Crippen molar-refractivity contribution in [1.82, 2.24) is 15.0 Å². The van der Waals surface area contributed by atoms with Gasteiger partial charge in [-0.3, -0.25) is 0 Å². The van der Waals surface area contributed by atoms with Gasteiger partial charge in [-0.05, 0) is 42.7 Å². The van der Waals surface area contributed by atoms with Gasteiger partial charge >= 0.3 is 6.01 Å². The fraction of sp³-hybridized carbons (Fsp3) is 0.786. The van der Waals surface area contributed by atoms with Crippen molar-refractivity contribution in [2.24, 2.45) is 11.8 Å². The number of hydrogen-bond donors (Lipinski definition) is 1. The van der Waals surface area contributed by atoms with Crippen molar-refractivity contribution in [2.45, 2.75) is 46.0 Å². The molecule has 5 nitrogen and oxygen atoms in total. The van der Waals surface area contributed by atoms with Crippen molar-refractivity contribution in [3.63, 3.8) is 0 Å². The maximum absolute atomic E-state index is 5.89. The Hall–Kier alpha value is -1.10. The van der Waals surface area contributed by atoms with Crippen LogP contribution >= 0.6 is 11.6 Å². The number of anilines is 1. The zero-order chi connectivity index (χ0) is 14.4. The van der Waals surface area contributed by atoms with Crippen LogP contribution in [-0.4, -0.2) is 28.1 Å². The number of aromatic nitrogens is 3. The van der Waals surface area contributed by atoms with E-state index in [2.05, 4.69) is 27.2 Å². The topological polar surface area (TPSA) is 59.9 Å². The zero-order valence-corrected chi connectivity index (χ0v) is 13.0. The predicted molar refractivity (Wildman–Crippen MR) is 80.2 cm³/mol. The minimum atomic E-state index is 0.172. The van der Waals surface area contributed by atoms with Crippen LogP contribution in [-0.2, 0) is 0 Å². The highest BCUT2D eigenvalue weighted by atomic mass is 35.5. The molecular formula is C14H23ClN4O. The molecule has 1 aliphatic rings. The summed E-state index contributed by atoms with van der Waals surface area (Å²) in [6.07, 6.45) is 6.12. The first-order valence-electron chi connectivity index (χ1n) is 7.45. The maximum atomic E-state index is 5.89. The lowest BCUT2D eigenvalue weighted by Crippen LogP contribution is -2.22. The SMILES string of the molecule is CCCOc1nc(Cl)nc(NCC2CCCC(C)C2)n1. The average molecular weight is 299 g/mol. The van der Waals surface area contributed by atoms with Crippen molar-refractivity contribution in [2.75, 3.05) is 18.5 Å². The van der Waals surface area contributed by atoms with Gasteiger partial charge in [-0.15, -0.1) is 0 Å². The minimum absolute atomic E-state index is 0.172. The van der Waals surface area contributed by atoms with Crippen molar-refractivity contribution in [3.8, 4) is 6.01 Å². The number of halogens is 1. The van der Waals surface area contributed by atoms with E-state index in [1.807, 2.05) is 6.92 Å². The Kier molecular flexibility index (Phi) is 5.83. The standard InChI is InChI=1S/C14H23ClN4O/c1-3-7-20-14-18-12(15)17-13(19-14)16-9-11-6-4-5-10(2)8-11/h10-11H,3-9H2,1-2H3,(H,16,17,18,19). The molecule has 112 valence electrons. The number of rotatable bonds is 6. The molecule has 0 amide bonds. The lowest BCUT2D eigenvalue weighted by Gasteiger charge is -2.26. The largest absolute Gasteiger partial charge is 0.463 e. The van der Waals surface area contributed by atoms with Crippen molar-refractivity contribution >= 4 is 17.5 Å². The predicted octanol–water partition coefficient (Wildman–Crippen LogP) is 3.55. The highest BCUT2D eigenvalue weighted by Crippen LogP contribution is 2.28. The third-order valence-corrected chi connectivity index (χ3v) is 3.79. The summed E-state index contributed by atoms with van der Waals surface area (Å²) >= 11 is 5.89.